The Labute approximate surface area is 160 Å². The molecule has 27 heavy (non-hydrogen) atoms. The number of nitrogens with zero attached hydrogens (tertiary/aromatic N) is 3. The molecule has 2 aliphatic rings. The molecule has 0 saturated heterocycles. The van der Waals surface area contributed by atoms with Crippen molar-refractivity contribution in [3.63, 3.8) is 0 Å². The van der Waals surface area contributed by atoms with Crippen molar-refractivity contribution in [3.05, 3.63) is 27.2 Å². The molecule has 2 fully saturated rings. The third kappa shape index (κ3) is 4.04. The van der Waals surface area contributed by atoms with E-state index in [1.807, 2.05) is 0 Å². The van der Waals surface area contributed by atoms with Gasteiger partial charge in [0.1, 0.15) is 5.52 Å². The zero-order chi connectivity index (χ0) is 18.6. The fourth-order valence-electron chi connectivity index (χ4n) is 5.08. The first-order valence-corrected chi connectivity index (χ1v) is 10.9. The fraction of sp³-hybridized carbons (Fsp3) is 0.762. The lowest BCUT2D eigenvalue weighted by Gasteiger charge is -2.23. The predicted octanol–water partition coefficient (Wildman–Crippen LogP) is 3.83. The van der Waals surface area contributed by atoms with E-state index in [1.165, 1.54) is 75.1 Å². The van der Waals surface area contributed by atoms with Crippen LogP contribution in [0.1, 0.15) is 77.0 Å². The summed E-state index contributed by atoms with van der Waals surface area (Å²) in [5.41, 5.74) is 0.611. The van der Waals surface area contributed by atoms with Crippen LogP contribution in [0, 0.1) is 11.8 Å². The van der Waals surface area contributed by atoms with Gasteiger partial charge >= 0.3 is 5.69 Å². The number of hydrogen-bond acceptors (Lipinski definition) is 3. The highest BCUT2D eigenvalue weighted by atomic mass is 16.2. The summed E-state index contributed by atoms with van der Waals surface area (Å²) in [5, 5.41) is 0. The quantitative estimate of drug-likeness (QED) is 0.837. The van der Waals surface area contributed by atoms with Gasteiger partial charge in [-0.25, -0.2) is 9.78 Å². The third-order valence-corrected chi connectivity index (χ3v) is 6.77. The first-order valence-electron chi connectivity index (χ1n) is 10.9. The number of aromatic nitrogens is 4. The minimum Gasteiger partial charge on any atom is -0.339 e. The highest BCUT2D eigenvalue weighted by Crippen LogP contribution is 2.27. The zero-order valence-corrected chi connectivity index (χ0v) is 16.3. The molecule has 0 aromatic carbocycles. The van der Waals surface area contributed by atoms with Gasteiger partial charge in [-0.3, -0.25) is 13.9 Å². The molecule has 0 aliphatic heterocycles. The summed E-state index contributed by atoms with van der Waals surface area (Å²) in [7, 11) is 0. The van der Waals surface area contributed by atoms with Gasteiger partial charge in [0.05, 0.1) is 6.33 Å². The minimum atomic E-state index is -0.211. The lowest BCUT2D eigenvalue weighted by atomic mass is 9.87. The van der Waals surface area contributed by atoms with Crippen molar-refractivity contribution in [2.24, 2.45) is 11.8 Å². The van der Waals surface area contributed by atoms with Gasteiger partial charge in [0.15, 0.2) is 5.65 Å². The molecule has 2 saturated carbocycles. The molecule has 4 rings (SSSR count). The number of aromatic amines is 1. The van der Waals surface area contributed by atoms with E-state index in [9.17, 15) is 9.59 Å². The molecular weight excluding hydrogens is 340 g/mol. The van der Waals surface area contributed by atoms with Gasteiger partial charge in [-0.05, 0) is 24.7 Å². The summed E-state index contributed by atoms with van der Waals surface area (Å²) in [4.78, 5) is 33.2. The predicted molar refractivity (Wildman–Crippen MR) is 107 cm³/mol. The van der Waals surface area contributed by atoms with Crippen molar-refractivity contribution >= 4 is 11.2 Å². The molecule has 0 amide bonds. The number of nitrogens with one attached hydrogen (secondary N) is 1. The fourth-order valence-corrected chi connectivity index (χ4v) is 5.08. The van der Waals surface area contributed by atoms with Crippen LogP contribution in [0.3, 0.4) is 0 Å². The molecule has 2 aromatic heterocycles. The van der Waals surface area contributed by atoms with Gasteiger partial charge in [-0.2, -0.15) is 0 Å². The van der Waals surface area contributed by atoms with Crippen LogP contribution < -0.4 is 11.2 Å². The minimum absolute atomic E-state index is 0.175. The zero-order valence-electron chi connectivity index (χ0n) is 16.3. The Morgan fingerprint density at radius 1 is 0.852 bits per heavy atom. The molecule has 0 radical (unpaired) electrons. The van der Waals surface area contributed by atoms with Crippen molar-refractivity contribution in [1.29, 1.82) is 0 Å². The standard InChI is InChI=1S/C21H32N4O2/c26-20-18-19(23-15-22-18)24(13-11-16-7-3-1-4-8-16)21(27)25(20)14-12-17-9-5-2-6-10-17/h15-17H,1-14H2,(H,22,23). The van der Waals surface area contributed by atoms with E-state index in [2.05, 4.69) is 9.97 Å². The lowest BCUT2D eigenvalue weighted by Crippen LogP contribution is -2.41. The van der Waals surface area contributed by atoms with E-state index in [0.29, 0.717) is 36.1 Å². The molecule has 0 unspecified atom stereocenters. The van der Waals surface area contributed by atoms with Crippen molar-refractivity contribution in [2.75, 3.05) is 0 Å². The van der Waals surface area contributed by atoms with Gasteiger partial charge < -0.3 is 4.98 Å². The van der Waals surface area contributed by atoms with Crippen LogP contribution in [-0.2, 0) is 13.1 Å². The van der Waals surface area contributed by atoms with Crippen LogP contribution in [0.2, 0.25) is 0 Å². The van der Waals surface area contributed by atoms with Crippen LogP contribution in [0.25, 0.3) is 11.2 Å². The highest BCUT2D eigenvalue weighted by Gasteiger charge is 2.19. The van der Waals surface area contributed by atoms with Crippen LogP contribution in [0.5, 0.6) is 0 Å². The molecule has 2 heterocycles. The molecule has 6 heteroatoms. The molecular formula is C21H32N4O2. The summed E-state index contributed by atoms with van der Waals surface area (Å²) >= 11 is 0. The number of H-pyrrole nitrogens is 1. The molecule has 1 N–H and O–H groups in total. The Balaban J connectivity index is 1.57. The second-order valence-electron chi connectivity index (χ2n) is 8.58. The average molecular weight is 373 g/mol. The maximum atomic E-state index is 13.1. The first-order chi connectivity index (χ1) is 13.2. The molecule has 0 spiro atoms. The Morgan fingerprint density at radius 2 is 1.41 bits per heavy atom. The summed E-state index contributed by atoms with van der Waals surface area (Å²) in [5.74, 6) is 1.35. The second-order valence-corrected chi connectivity index (χ2v) is 8.58. The summed E-state index contributed by atoms with van der Waals surface area (Å²) in [6.45, 7) is 1.19. The number of imidazole rings is 1. The molecule has 2 aliphatic carbocycles. The Bertz CT molecular complexity index is 866. The molecule has 148 valence electrons. The monoisotopic (exact) mass is 372 g/mol. The van der Waals surface area contributed by atoms with Crippen molar-refractivity contribution in [3.8, 4) is 0 Å². The average Bonchev–Trinajstić information content (AvgIpc) is 3.19. The van der Waals surface area contributed by atoms with Crippen LogP contribution >= 0.6 is 0 Å². The van der Waals surface area contributed by atoms with E-state index in [0.717, 1.165) is 12.8 Å². The third-order valence-electron chi connectivity index (χ3n) is 6.77. The van der Waals surface area contributed by atoms with Crippen LogP contribution in [0.15, 0.2) is 15.9 Å². The molecule has 0 atom stereocenters. The molecule has 2 aromatic rings. The van der Waals surface area contributed by atoms with Gasteiger partial charge in [-0.1, -0.05) is 64.2 Å². The van der Waals surface area contributed by atoms with Crippen LogP contribution in [-0.4, -0.2) is 19.1 Å². The maximum Gasteiger partial charge on any atom is 0.332 e. The first kappa shape index (κ1) is 18.5. The van der Waals surface area contributed by atoms with Gasteiger partial charge in [0.25, 0.3) is 5.56 Å². The number of hydrogen-bond donors (Lipinski definition) is 1. The van der Waals surface area contributed by atoms with Crippen LogP contribution in [0.4, 0.5) is 0 Å². The highest BCUT2D eigenvalue weighted by molar-refractivity contribution is 5.68. The molecule has 6 nitrogen and oxygen atoms in total. The topological polar surface area (TPSA) is 72.7 Å². The van der Waals surface area contributed by atoms with Crippen molar-refractivity contribution in [2.45, 2.75) is 90.1 Å². The number of fused-ring (bicyclic) bond motifs is 1. The van der Waals surface area contributed by atoms with E-state index < -0.39 is 0 Å². The Kier molecular flexibility index (Phi) is 5.79. The maximum absolute atomic E-state index is 13.1. The van der Waals surface area contributed by atoms with E-state index in [-0.39, 0.29) is 11.2 Å². The SMILES string of the molecule is O=c1c2[nH]cnc2n(CCC2CCCCC2)c(=O)n1CCC1CCCCC1. The van der Waals surface area contributed by atoms with Gasteiger partial charge in [0.2, 0.25) is 0 Å². The normalized spacial score (nSPS) is 19.7. The number of aryl methyl sites for hydroxylation is 1. The van der Waals surface area contributed by atoms with Gasteiger partial charge in [0, 0.05) is 13.1 Å². The van der Waals surface area contributed by atoms with Gasteiger partial charge in [-0.15, -0.1) is 0 Å². The smallest absolute Gasteiger partial charge is 0.332 e. The lowest BCUT2D eigenvalue weighted by molar-refractivity contribution is 0.312. The second kappa shape index (κ2) is 8.44. The Morgan fingerprint density at radius 3 is 2.00 bits per heavy atom. The largest absolute Gasteiger partial charge is 0.339 e. The van der Waals surface area contributed by atoms with E-state index in [4.69, 9.17) is 0 Å². The summed E-state index contributed by atoms with van der Waals surface area (Å²) < 4.78 is 3.19. The summed E-state index contributed by atoms with van der Waals surface area (Å²) in [6, 6.07) is 0. The van der Waals surface area contributed by atoms with Crippen molar-refractivity contribution in [1.82, 2.24) is 19.1 Å². The molecule has 0 bridgehead atoms. The number of rotatable bonds is 6. The van der Waals surface area contributed by atoms with E-state index in [1.54, 1.807) is 4.57 Å². The van der Waals surface area contributed by atoms with E-state index >= 15 is 0 Å². The Hall–Kier alpha value is -1.85. The summed E-state index contributed by atoms with van der Waals surface area (Å²) in [6.07, 6.45) is 16.3. The van der Waals surface area contributed by atoms with Crippen molar-refractivity contribution < 1.29 is 0 Å².